The molecule has 0 amide bonds. The first-order chi connectivity index (χ1) is 13.8. The molecule has 0 aliphatic rings. The van der Waals surface area contributed by atoms with Crippen molar-refractivity contribution in [2.75, 3.05) is 9.44 Å². The van der Waals surface area contributed by atoms with Gasteiger partial charge < -0.3 is 0 Å². The third-order valence-corrected chi connectivity index (χ3v) is 6.17. The van der Waals surface area contributed by atoms with Crippen LogP contribution in [0.4, 0.5) is 15.8 Å². The van der Waals surface area contributed by atoms with E-state index >= 15 is 0 Å². The van der Waals surface area contributed by atoms with E-state index < -0.39 is 25.9 Å². The summed E-state index contributed by atoms with van der Waals surface area (Å²) < 4.78 is 67.5. The van der Waals surface area contributed by atoms with Crippen molar-refractivity contribution in [3.8, 4) is 0 Å². The minimum Gasteiger partial charge on any atom is -0.278 e. The largest absolute Gasteiger partial charge is 0.278 e. The van der Waals surface area contributed by atoms with Crippen LogP contribution in [0.25, 0.3) is 6.08 Å². The van der Waals surface area contributed by atoms with Crippen LogP contribution in [0.1, 0.15) is 5.56 Å². The van der Waals surface area contributed by atoms with Gasteiger partial charge in [-0.3, -0.25) is 9.44 Å². The molecule has 9 heteroatoms. The normalized spacial score (nSPS) is 12.0. The lowest BCUT2D eigenvalue weighted by atomic mass is 10.2. The van der Waals surface area contributed by atoms with Crippen molar-refractivity contribution in [2.45, 2.75) is 4.90 Å². The summed E-state index contributed by atoms with van der Waals surface area (Å²) in [4.78, 5) is -0.152. The van der Waals surface area contributed by atoms with E-state index in [0.717, 1.165) is 29.7 Å². The zero-order valence-electron chi connectivity index (χ0n) is 15.0. The molecule has 0 aliphatic heterocycles. The quantitative estimate of drug-likeness (QED) is 0.589. The summed E-state index contributed by atoms with van der Waals surface area (Å²) >= 11 is 0. The van der Waals surface area contributed by atoms with Gasteiger partial charge in [0.25, 0.3) is 20.0 Å². The predicted molar refractivity (Wildman–Crippen MR) is 112 cm³/mol. The van der Waals surface area contributed by atoms with Gasteiger partial charge in [-0.15, -0.1) is 0 Å². The first kappa shape index (κ1) is 20.6. The van der Waals surface area contributed by atoms with Gasteiger partial charge in [0.05, 0.1) is 21.7 Å². The molecule has 3 rings (SSSR count). The second kappa shape index (κ2) is 8.46. The van der Waals surface area contributed by atoms with E-state index in [4.69, 9.17) is 0 Å². The number of para-hydroxylation sites is 2. The number of hydrogen-bond acceptors (Lipinski definition) is 4. The number of rotatable bonds is 7. The van der Waals surface area contributed by atoms with Crippen LogP contribution in [-0.2, 0) is 20.0 Å². The van der Waals surface area contributed by atoms with E-state index in [1.165, 1.54) is 18.2 Å². The lowest BCUT2D eigenvalue weighted by Crippen LogP contribution is -2.16. The molecule has 29 heavy (non-hydrogen) atoms. The second-order valence-corrected chi connectivity index (χ2v) is 9.21. The smallest absolute Gasteiger partial charge is 0.261 e. The molecular formula is C20H17FN2O4S2. The monoisotopic (exact) mass is 432 g/mol. The fourth-order valence-corrected chi connectivity index (χ4v) is 4.37. The van der Waals surface area contributed by atoms with Crippen LogP contribution in [-0.4, -0.2) is 16.8 Å². The van der Waals surface area contributed by atoms with Gasteiger partial charge >= 0.3 is 0 Å². The van der Waals surface area contributed by atoms with Crippen LogP contribution >= 0.6 is 0 Å². The van der Waals surface area contributed by atoms with Gasteiger partial charge in [-0.05, 0) is 48.0 Å². The van der Waals surface area contributed by atoms with Crippen molar-refractivity contribution >= 4 is 37.5 Å². The van der Waals surface area contributed by atoms with Crippen molar-refractivity contribution < 1.29 is 21.2 Å². The van der Waals surface area contributed by atoms with E-state index in [0.29, 0.717) is 5.56 Å². The average molecular weight is 432 g/mol. The Hall–Kier alpha value is -3.17. The number of halogens is 1. The van der Waals surface area contributed by atoms with Crippen LogP contribution in [0, 0.1) is 5.82 Å². The molecule has 0 radical (unpaired) electrons. The summed E-state index contributed by atoms with van der Waals surface area (Å²) in [6.45, 7) is 0. The van der Waals surface area contributed by atoms with E-state index in [1.54, 1.807) is 36.4 Å². The van der Waals surface area contributed by atoms with Crippen LogP contribution < -0.4 is 9.44 Å². The number of nitrogens with one attached hydrogen (secondary N) is 2. The van der Waals surface area contributed by atoms with Crippen molar-refractivity contribution in [3.05, 3.63) is 95.7 Å². The molecule has 0 aromatic heterocycles. The highest BCUT2D eigenvalue weighted by atomic mass is 32.2. The number of anilines is 2. The Kier molecular flexibility index (Phi) is 6.00. The lowest BCUT2D eigenvalue weighted by molar-refractivity contribution is 0.599. The van der Waals surface area contributed by atoms with Crippen molar-refractivity contribution in [1.29, 1.82) is 0 Å². The molecule has 0 unspecified atom stereocenters. The van der Waals surface area contributed by atoms with Gasteiger partial charge in [0, 0.05) is 0 Å². The minimum absolute atomic E-state index is 0.0357. The number of sulfonamides is 2. The highest BCUT2D eigenvalue weighted by Crippen LogP contribution is 2.26. The van der Waals surface area contributed by atoms with E-state index in [2.05, 4.69) is 9.44 Å². The molecule has 6 nitrogen and oxygen atoms in total. The molecule has 0 saturated heterocycles. The molecule has 3 aromatic carbocycles. The molecule has 2 N–H and O–H groups in total. The Labute approximate surface area is 168 Å². The van der Waals surface area contributed by atoms with Crippen LogP contribution in [0.5, 0.6) is 0 Å². The Morgan fingerprint density at radius 2 is 1.24 bits per heavy atom. The zero-order valence-corrected chi connectivity index (χ0v) is 16.6. The highest BCUT2D eigenvalue weighted by Gasteiger charge is 2.17. The van der Waals surface area contributed by atoms with Gasteiger partial charge in [-0.1, -0.05) is 42.5 Å². The standard InChI is InChI=1S/C20H17FN2O4S2/c21-17-10-12-18(13-11-17)29(26,27)23-20-9-5-4-8-19(20)22-28(24,25)15-14-16-6-2-1-3-7-16/h1-15,22-23H. The maximum absolute atomic E-state index is 13.0. The Bertz CT molecular complexity index is 1220. The summed E-state index contributed by atoms with van der Waals surface area (Å²) in [5.41, 5.74) is 0.785. The molecule has 0 spiro atoms. The van der Waals surface area contributed by atoms with Crippen molar-refractivity contribution in [1.82, 2.24) is 0 Å². The maximum Gasteiger partial charge on any atom is 0.261 e. The fraction of sp³-hybridized carbons (Fsp3) is 0. The fourth-order valence-electron chi connectivity index (χ4n) is 2.40. The second-order valence-electron chi connectivity index (χ2n) is 5.97. The lowest BCUT2D eigenvalue weighted by Gasteiger charge is -2.13. The molecule has 3 aromatic rings. The molecule has 0 saturated carbocycles. The average Bonchev–Trinajstić information content (AvgIpc) is 2.69. The van der Waals surface area contributed by atoms with Gasteiger partial charge in [-0.2, -0.15) is 0 Å². The molecule has 0 atom stereocenters. The SMILES string of the molecule is O=S(=O)(C=Cc1ccccc1)Nc1ccccc1NS(=O)(=O)c1ccc(F)cc1. The third kappa shape index (κ3) is 5.66. The third-order valence-electron chi connectivity index (χ3n) is 3.79. The Balaban J connectivity index is 1.83. The van der Waals surface area contributed by atoms with Crippen molar-refractivity contribution in [3.63, 3.8) is 0 Å². The molecule has 0 aliphatic carbocycles. The summed E-state index contributed by atoms with van der Waals surface area (Å²) in [5.74, 6) is -0.567. The zero-order chi connectivity index (χ0) is 20.9. The first-order valence-corrected chi connectivity index (χ1v) is 11.4. The summed E-state index contributed by atoms with van der Waals surface area (Å²) in [6, 6.07) is 19.1. The molecule has 0 bridgehead atoms. The summed E-state index contributed by atoms with van der Waals surface area (Å²) in [5, 5.41) is 0.994. The van der Waals surface area contributed by atoms with Gasteiger partial charge in [-0.25, -0.2) is 21.2 Å². The van der Waals surface area contributed by atoms with Crippen LogP contribution in [0.15, 0.2) is 89.2 Å². The summed E-state index contributed by atoms with van der Waals surface area (Å²) in [6.07, 6.45) is 1.42. The Morgan fingerprint density at radius 1 is 0.690 bits per heavy atom. The predicted octanol–water partition coefficient (Wildman–Crippen LogP) is 4.04. The first-order valence-electron chi connectivity index (χ1n) is 8.39. The maximum atomic E-state index is 13.0. The summed E-state index contributed by atoms with van der Waals surface area (Å²) in [7, 11) is -7.93. The molecular weight excluding hydrogens is 415 g/mol. The Morgan fingerprint density at radius 3 is 1.86 bits per heavy atom. The number of hydrogen-bond donors (Lipinski definition) is 2. The minimum atomic E-state index is -4.03. The van der Waals surface area contributed by atoms with Crippen LogP contribution in [0.2, 0.25) is 0 Å². The van der Waals surface area contributed by atoms with Gasteiger partial charge in [0.15, 0.2) is 0 Å². The highest BCUT2D eigenvalue weighted by molar-refractivity contribution is 7.95. The van der Waals surface area contributed by atoms with E-state index in [1.807, 2.05) is 6.07 Å². The molecule has 0 heterocycles. The van der Waals surface area contributed by atoms with E-state index in [9.17, 15) is 21.2 Å². The molecule has 0 fully saturated rings. The van der Waals surface area contributed by atoms with Crippen LogP contribution in [0.3, 0.4) is 0 Å². The van der Waals surface area contributed by atoms with Crippen molar-refractivity contribution in [2.24, 2.45) is 0 Å². The number of benzene rings is 3. The topological polar surface area (TPSA) is 92.3 Å². The molecule has 150 valence electrons. The van der Waals surface area contributed by atoms with Gasteiger partial charge in [0.1, 0.15) is 5.82 Å². The van der Waals surface area contributed by atoms with E-state index in [-0.39, 0.29) is 16.3 Å². The van der Waals surface area contributed by atoms with Gasteiger partial charge in [0.2, 0.25) is 0 Å².